The molecule has 3 atom stereocenters. The number of ether oxygens (including phenoxy) is 2. The van der Waals surface area contributed by atoms with E-state index in [1.54, 1.807) is 0 Å². The third-order valence-corrected chi connectivity index (χ3v) is 5.27. The summed E-state index contributed by atoms with van der Waals surface area (Å²) in [7, 11) is 0. The monoisotopic (exact) mass is 426 g/mol. The molecule has 0 aromatic carbocycles. The molecule has 30 heavy (non-hydrogen) atoms. The van der Waals surface area contributed by atoms with E-state index in [0.29, 0.717) is 6.42 Å². The number of rotatable bonds is 14. The average molecular weight is 427 g/mol. The second-order valence-corrected chi connectivity index (χ2v) is 8.67. The lowest BCUT2D eigenvalue weighted by atomic mass is 9.94. The highest BCUT2D eigenvalue weighted by Gasteiger charge is 2.41. The summed E-state index contributed by atoms with van der Waals surface area (Å²) in [4.78, 5) is 23.4. The van der Waals surface area contributed by atoms with E-state index in [1.165, 1.54) is 31.3 Å². The molecule has 0 saturated carbocycles. The molecule has 7 heteroatoms. The van der Waals surface area contributed by atoms with Crippen LogP contribution in [0.2, 0.25) is 0 Å². The largest absolute Gasteiger partial charge is 0.499 e. The second-order valence-electron chi connectivity index (χ2n) is 8.67. The number of aliphatic hydroxyl groups is 3. The third-order valence-electron chi connectivity index (χ3n) is 5.27. The summed E-state index contributed by atoms with van der Waals surface area (Å²) in [5.41, 5.74) is 1.21. The van der Waals surface area contributed by atoms with Crippen molar-refractivity contribution < 1.29 is 34.4 Å². The van der Waals surface area contributed by atoms with E-state index in [0.717, 1.165) is 24.7 Å². The minimum atomic E-state index is -1.48. The second kappa shape index (κ2) is 13.4. The Bertz CT molecular complexity index is 621. The molecule has 0 aromatic heterocycles. The summed E-state index contributed by atoms with van der Waals surface area (Å²) in [6.45, 7) is 8.15. The van der Waals surface area contributed by atoms with Crippen LogP contribution in [0.4, 0.5) is 0 Å². The highest BCUT2D eigenvalue weighted by Crippen LogP contribution is 2.25. The Hall–Kier alpha value is -1.86. The highest BCUT2D eigenvalue weighted by molar-refractivity contribution is 5.90. The third kappa shape index (κ3) is 9.30. The average Bonchev–Trinajstić information content (AvgIpc) is 2.95. The lowest BCUT2D eigenvalue weighted by Crippen LogP contribution is -2.33. The summed E-state index contributed by atoms with van der Waals surface area (Å²) in [6.07, 6.45) is 6.83. The van der Waals surface area contributed by atoms with Crippen LogP contribution in [0.5, 0.6) is 0 Å². The van der Waals surface area contributed by atoms with Crippen molar-refractivity contribution in [3.63, 3.8) is 0 Å². The molecule has 0 fully saturated rings. The van der Waals surface area contributed by atoms with Gasteiger partial charge in [0, 0.05) is 6.42 Å². The first-order valence-electron chi connectivity index (χ1n) is 10.9. The van der Waals surface area contributed by atoms with Gasteiger partial charge in [0.1, 0.15) is 6.10 Å². The van der Waals surface area contributed by atoms with Gasteiger partial charge in [0.25, 0.3) is 0 Å². The number of carbonyl (C=O) groups is 2. The topological polar surface area (TPSA) is 113 Å². The molecule has 1 aliphatic heterocycles. The van der Waals surface area contributed by atoms with Crippen molar-refractivity contribution in [2.75, 3.05) is 6.61 Å². The van der Waals surface area contributed by atoms with E-state index >= 15 is 0 Å². The molecular weight excluding hydrogens is 388 g/mol. The number of esters is 2. The maximum atomic E-state index is 12.0. The molecule has 3 N–H and O–H groups in total. The zero-order chi connectivity index (χ0) is 22.7. The van der Waals surface area contributed by atoms with Crippen molar-refractivity contribution >= 4 is 11.9 Å². The van der Waals surface area contributed by atoms with Crippen LogP contribution in [0.1, 0.15) is 79.1 Å². The molecule has 0 bridgehead atoms. The number of hydrogen-bond donors (Lipinski definition) is 3. The molecule has 1 heterocycles. The lowest BCUT2D eigenvalue weighted by Gasteiger charge is -2.17. The molecule has 0 radical (unpaired) electrons. The first-order valence-corrected chi connectivity index (χ1v) is 10.9. The van der Waals surface area contributed by atoms with Crippen LogP contribution < -0.4 is 0 Å². The molecular formula is C23H38O7. The normalized spacial score (nSPS) is 19.2. The van der Waals surface area contributed by atoms with Crippen molar-refractivity contribution in [3.05, 3.63) is 23.2 Å². The van der Waals surface area contributed by atoms with Gasteiger partial charge in [0.2, 0.25) is 11.5 Å². The first-order chi connectivity index (χ1) is 14.1. The van der Waals surface area contributed by atoms with Gasteiger partial charge in [0.05, 0.1) is 6.61 Å². The fraction of sp³-hybridized carbons (Fsp3) is 0.739. The molecule has 7 nitrogen and oxygen atoms in total. The molecule has 1 unspecified atom stereocenters. The van der Waals surface area contributed by atoms with Crippen LogP contribution >= 0.6 is 0 Å². The van der Waals surface area contributed by atoms with Gasteiger partial charge in [-0.15, -0.1) is 0 Å². The Kier molecular flexibility index (Phi) is 11.7. The molecule has 1 rings (SSSR count). The van der Waals surface area contributed by atoms with Gasteiger partial charge in [-0.2, -0.15) is 0 Å². The van der Waals surface area contributed by atoms with Crippen molar-refractivity contribution in [3.8, 4) is 0 Å². The fourth-order valence-electron chi connectivity index (χ4n) is 3.38. The zero-order valence-corrected chi connectivity index (χ0v) is 18.7. The van der Waals surface area contributed by atoms with Gasteiger partial charge >= 0.3 is 11.9 Å². The molecule has 0 amide bonds. The Labute approximate surface area is 179 Å². The predicted octanol–water partition coefficient (Wildman–Crippen LogP) is 3.94. The summed E-state index contributed by atoms with van der Waals surface area (Å²) < 4.78 is 9.74. The summed E-state index contributed by atoms with van der Waals surface area (Å²) >= 11 is 0. The van der Waals surface area contributed by atoms with Gasteiger partial charge in [-0.25, -0.2) is 4.79 Å². The summed E-state index contributed by atoms with van der Waals surface area (Å²) in [6, 6.07) is 0. The molecule has 0 spiro atoms. The van der Waals surface area contributed by atoms with E-state index in [-0.39, 0.29) is 6.42 Å². The quantitative estimate of drug-likeness (QED) is 0.285. The van der Waals surface area contributed by atoms with Crippen LogP contribution in [0, 0.1) is 11.8 Å². The fourth-order valence-corrected chi connectivity index (χ4v) is 3.38. The molecule has 0 aliphatic carbocycles. The number of hydrogen-bond acceptors (Lipinski definition) is 7. The molecule has 172 valence electrons. The number of carbonyl (C=O) groups excluding carboxylic acids is 2. The Balaban J connectivity index is 2.33. The van der Waals surface area contributed by atoms with Gasteiger partial charge in [0.15, 0.2) is 6.10 Å². The Morgan fingerprint density at radius 2 is 1.83 bits per heavy atom. The standard InChI is InChI=1S/C23H38O7/c1-15(2)8-5-9-16(3)10-6-11-17(4)12-7-13-19(26)29-22-20(27)23(28)30-21(22)18(25)14-24/h12,15-16,18,21,24-25,27H,5-11,13-14H2,1-4H3/t16?,18-,21+/m0/s1. The van der Waals surface area contributed by atoms with Crippen molar-refractivity contribution in [2.24, 2.45) is 11.8 Å². The van der Waals surface area contributed by atoms with Crippen LogP contribution in [0.25, 0.3) is 0 Å². The smallest absolute Gasteiger partial charge is 0.378 e. The van der Waals surface area contributed by atoms with Crippen molar-refractivity contribution in [1.82, 2.24) is 0 Å². The highest BCUT2D eigenvalue weighted by atomic mass is 16.6. The van der Waals surface area contributed by atoms with Gasteiger partial charge in [-0.3, -0.25) is 4.79 Å². The van der Waals surface area contributed by atoms with E-state index in [2.05, 4.69) is 20.8 Å². The number of allylic oxidation sites excluding steroid dienone is 2. The molecule has 1 aliphatic rings. The molecule has 0 aromatic rings. The van der Waals surface area contributed by atoms with Crippen LogP contribution in [0.3, 0.4) is 0 Å². The van der Waals surface area contributed by atoms with E-state index in [4.69, 9.17) is 14.6 Å². The minimum Gasteiger partial charge on any atom is -0.499 e. The summed E-state index contributed by atoms with van der Waals surface area (Å²) in [5, 5.41) is 28.3. The van der Waals surface area contributed by atoms with E-state index in [9.17, 15) is 19.8 Å². The predicted molar refractivity (Wildman–Crippen MR) is 113 cm³/mol. The summed E-state index contributed by atoms with van der Waals surface area (Å²) in [5.74, 6) is -1.54. The maximum absolute atomic E-state index is 12.0. The SMILES string of the molecule is CC(=CCCC(=O)OC1=C(O)C(=O)O[C@@H]1[C@@H](O)CO)CCCC(C)CCCC(C)C. The lowest BCUT2D eigenvalue weighted by molar-refractivity contribution is -0.151. The van der Waals surface area contributed by atoms with Crippen LogP contribution in [-0.4, -0.2) is 46.1 Å². The number of cyclic esters (lactones) is 1. The van der Waals surface area contributed by atoms with Crippen molar-refractivity contribution in [2.45, 2.75) is 91.3 Å². The maximum Gasteiger partial charge on any atom is 0.378 e. The number of aliphatic hydroxyl groups excluding tert-OH is 3. The first kappa shape index (κ1) is 26.2. The van der Waals surface area contributed by atoms with E-state index < -0.39 is 42.3 Å². The van der Waals surface area contributed by atoms with Gasteiger partial charge < -0.3 is 24.8 Å². The van der Waals surface area contributed by atoms with Crippen LogP contribution in [-0.2, 0) is 19.1 Å². The van der Waals surface area contributed by atoms with Crippen molar-refractivity contribution in [1.29, 1.82) is 0 Å². The van der Waals surface area contributed by atoms with Gasteiger partial charge in [-0.1, -0.05) is 58.1 Å². The van der Waals surface area contributed by atoms with Crippen LogP contribution in [0.15, 0.2) is 23.2 Å². The Morgan fingerprint density at radius 1 is 1.17 bits per heavy atom. The van der Waals surface area contributed by atoms with E-state index in [1.807, 2.05) is 13.0 Å². The van der Waals surface area contributed by atoms with Gasteiger partial charge in [-0.05, 0) is 38.0 Å². The zero-order valence-electron chi connectivity index (χ0n) is 18.7. The Morgan fingerprint density at radius 3 is 2.47 bits per heavy atom. The molecule has 0 saturated heterocycles. The minimum absolute atomic E-state index is 0.0653.